The van der Waals surface area contributed by atoms with E-state index in [1.54, 1.807) is 16.2 Å². The molecule has 8 heteroatoms. The van der Waals surface area contributed by atoms with Crippen molar-refractivity contribution in [1.82, 2.24) is 10.2 Å². The Hall–Kier alpha value is -2.71. The Kier molecular flexibility index (Phi) is 6.89. The van der Waals surface area contributed by atoms with E-state index in [2.05, 4.69) is 10.6 Å². The molecule has 1 unspecified atom stereocenters. The van der Waals surface area contributed by atoms with Gasteiger partial charge in [0.15, 0.2) is 5.11 Å². The molecule has 1 amide bonds. The molecule has 2 aromatic rings. The van der Waals surface area contributed by atoms with Crippen LogP contribution < -0.4 is 10.6 Å². The second kappa shape index (κ2) is 9.40. The lowest BCUT2D eigenvalue weighted by Crippen LogP contribution is -2.46. The summed E-state index contributed by atoms with van der Waals surface area (Å²) >= 11 is 6.98. The second-order valence-electron chi connectivity index (χ2n) is 7.32. The third-order valence-corrected chi connectivity index (χ3v) is 6.03. The zero-order valence-electron chi connectivity index (χ0n) is 17.4. The van der Waals surface area contributed by atoms with E-state index >= 15 is 0 Å². The van der Waals surface area contributed by atoms with Crippen molar-refractivity contribution in [2.75, 3.05) is 12.4 Å². The minimum absolute atomic E-state index is 0.0688. The number of thiophene rings is 1. The molecule has 2 N–H and O–H groups in total. The zero-order valence-corrected chi connectivity index (χ0v) is 19.0. The molecular weight excluding hydrogens is 418 g/mol. The molecule has 158 valence electrons. The Morgan fingerprint density at radius 1 is 1.27 bits per heavy atom. The first kappa shape index (κ1) is 22.0. The van der Waals surface area contributed by atoms with Crippen LogP contribution in [0.4, 0.5) is 5.69 Å². The molecule has 0 spiro atoms. The maximum absolute atomic E-state index is 12.8. The number of thiocarbonyl (C=S) groups is 1. The van der Waals surface area contributed by atoms with Crippen LogP contribution in [0.1, 0.15) is 37.3 Å². The van der Waals surface area contributed by atoms with Gasteiger partial charge in [-0.15, -0.1) is 11.3 Å². The molecule has 1 aliphatic rings. The standard InChI is InChI=1S/C22H25N3O3S2/c1-13(2)28-21(27)19-14(3)25(4)22(29)24-20(19)15-7-9-16(10-8-15)23-18(26)12-17-6-5-11-30-17/h5-11,13,20H,12H2,1-4H3,(H,23,26)(H,24,29). The zero-order chi connectivity index (χ0) is 21.8. The monoisotopic (exact) mass is 443 g/mol. The summed E-state index contributed by atoms with van der Waals surface area (Å²) in [7, 11) is 1.82. The first-order valence-corrected chi connectivity index (χ1v) is 10.9. The molecule has 0 bridgehead atoms. The highest BCUT2D eigenvalue weighted by Crippen LogP contribution is 2.31. The van der Waals surface area contributed by atoms with Crippen LogP contribution in [0.25, 0.3) is 0 Å². The molecule has 1 aromatic heterocycles. The SMILES string of the molecule is CC1=C(C(=O)OC(C)C)C(c2ccc(NC(=O)Cc3cccs3)cc2)NC(=S)N1C. The predicted molar refractivity (Wildman–Crippen MR) is 123 cm³/mol. The minimum Gasteiger partial charge on any atom is -0.459 e. The van der Waals surface area contributed by atoms with Gasteiger partial charge in [0.1, 0.15) is 0 Å². The number of nitrogens with one attached hydrogen (secondary N) is 2. The van der Waals surface area contributed by atoms with E-state index in [0.717, 1.165) is 16.1 Å². The maximum atomic E-state index is 12.8. The highest BCUT2D eigenvalue weighted by atomic mass is 32.1. The molecule has 0 aliphatic carbocycles. The molecule has 1 atom stereocenters. The molecule has 0 saturated carbocycles. The van der Waals surface area contributed by atoms with Gasteiger partial charge in [-0.1, -0.05) is 18.2 Å². The molecule has 1 aliphatic heterocycles. The molecule has 6 nitrogen and oxygen atoms in total. The lowest BCUT2D eigenvalue weighted by Gasteiger charge is -2.35. The van der Waals surface area contributed by atoms with E-state index in [1.165, 1.54) is 0 Å². The van der Waals surface area contributed by atoms with Gasteiger partial charge in [-0.3, -0.25) is 4.79 Å². The van der Waals surface area contributed by atoms with Crippen LogP contribution in [0, 0.1) is 0 Å². The number of rotatable bonds is 6. The highest BCUT2D eigenvalue weighted by molar-refractivity contribution is 7.80. The van der Waals surface area contributed by atoms with Crippen LogP contribution in [0.5, 0.6) is 0 Å². The minimum atomic E-state index is -0.421. The van der Waals surface area contributed by atoms with E-state index < -0.39 is 6.04 Å². The summed E-state index contributed by atoms with van der Waals surface area (Å²) in [6.45, 7) is 5.50. The van der Waals surface area contributed by atoms with Gasteiger partial charge in [0.2, 0.25) is 5.91 Å². The molecule has 0 saturated heterocycles. The fraction of sp³-hybridized carbons (Fsp3) is 0.318. The summed E-state index contributed by atoms with van der Waals surface area (Å²) in [5, 5.41) is 8.61. The number of hydrogen-bond acceptors (Lipinski definition) is 5. The number of benzene rings is 1. The van der Waals surface area contributed by atoms with Gasteiger partial charge in [0.05, 0.1) is 24.1 Å². The third kappa shape index (κ3) is 5.06. The Bertz CT molecular complexity index is 966. The van der Waals surface area contributed by atoms with Crippen molar-refractivity contribution in [3.05, 3.63) is 63.5 Å². The van der Waals surface area contributed by atoms with Gasteiger partial charge in [0.25, 0.3) is 0 Å². The normalized spacial score (nSPS) is 16.5. The summed E-state index contributed by atoms with van der Waals surface area (Å²) in [6, 6.07) is 10.9. The van der Waals surface area contributed by atoms with Gasteiger partial charge in [0, 0.05) is 23.3 Å². The van der Waals surface area contributed by atoms with Crippen LogP contribution in [0.3, 0.4) is 0 Å². The number of carbonyl (C=O) groups excluding carboxylic acids is 2. The average molecular weight is 444 g/mol. The van der Waals surface area contributed by atoms with E-state index in [-0.39, 0.29) is 18.0 Å². The van der Waals surface area contributed by atoms with Crippen molar-refractivity contribution in [2.45, 2.75) is 39.3 Å². The van der Waals surface area contributed by atoms with Crippen molar-refractivity contribution >= 4 is 46.2 Å². The first-order valence-electron chi connectivity index (χ1n) is 9.64. The fourth-order valence-electron chi connectivity index (χ4n) is 3.16. The van der Waals surface area contributed by atoms with E-state index in [0.29, 0.717) is 22.8 Å². The van der Waals surface area contributed by atoms with Crippen molar-refractivity contribution in [3.63, 3.8) is 0 Å². The highest BCUT2D eigenvalue weighted by Gasteiger charge is 2.33. The number of anilines is 1. The van der Waals surface area contributed by atoms with Gasteiger partial charge in [-0.2, -0.15) is 0 Å². The Morgan fingerprint density at radius 2 is 1.97 bits per heavy atom. The summed E-state index contributed by atoms with van der Waals surface area (Å²) in [4.78, 5) is 27.8. The molecule has 0 radical (unpaired) electrons. The van der Waals surface area contributed by atoms with Crippen LogP contribution in [-0.2, 0) is 20.7 Å². The smallest absolute Gasteiger partial charge is 0.338 e. The molecule has 30 heavy (non-hydrogen) atoms. The molecule has 2 heterocycles. The number of ether oxygens (including phenoxy) is 1. The van der Waals surface area contributed by atoms with E-state index in [1.807, 2.05) is 69.6 Å². The number of hydrogen-bond donors (Lipinski definition) is 2. The largest absolute Gasteiger partial charge is 0.459 e. The quantitative estimate of drug-likeness (QED) is 0.519. The Balaban J connectivity index is 1.79. The lowest BCUT2D eigenvalue weighted by molar-refractivity contribution is -0.143. The second-order valence-corrected chi connectivity index (χ2v) is 8.74. The fourth-order valence-corrected chi connectivity index (χ4v) is 4.12. The number of allylic oxidation sites excluding steroid dienone is 1. The molecular formula is C22H25N3O3S2. The summed E-state index contributed by atoms with van der Waals surface area (Å²) in [6.07, 6.45) is 0.121. The summed E-state index contributed by atoms with van der Waals surface area (Å²) in [5.41, 5.74) is 2.83. The number of carbonyl (C=O) groups is 2. The average Bonchev–Trinajstić information content (AvgIpc) is 3.18. The van der Waals surface area contributed by atoms with Crippen LogP contribution in [-0.4, -0.2) is 35.0 Å². The van der Waals surface area contributed by atoms with Crippen molar-refractivity contribution in [3.8, 4) is 0 Å². The van der Waals surface area contributed by atoms with Gasteiger partial charge >= 0.3 is 5.97 Å². The van der Waals surface area contributed by atoms with Gasteiger partial charge < -0.3 is 20.3 Å². The molecule has 3 rings (SSSR count). The first-order chi connectivity index (χ1) is 14.3. The van der Waals surface area contributed by atoms with Gasteiger partial charge in [-0.05, 0) is 62.1 Å². The van der Waals surface area contributed by atoms with Crippen LogP contribution in [0.2, 0.25) is 0 Å². The topological polar surface area (TPSA) is 70.7 Å². The van der Waals surface area contributed by atoms with E-state index in [9.17, 15) is 9.59 Å². The Morgan fingerprint density at radius 3 is 2.57 bits per heavy atom. The Labute approximate surface area is 185 Å². The summed E-state index contributed by atoms with van der Waals surface area (Å²) in [5.74, 6) is -0.441. The number of amides is 1. The molecule has 1 aromatic carbocycles. The van der Waals surface area contributed by atoms with E-state index in [4.69, 9.17) is 17.0 Å². The van der Waals surface area contributed by atoms with Crippen molar-refractivity contribution < 1.29 is 14.3 Å². The maximum Gasteiger partial charge on any atom is 0.338 e. The third-order valence-electron chi connectivity index (χ3n) is 4.76. The number of nitrogens with zero attached hydrogens (tertiary/aromatic N) is 1. The number of esters is 1. The van der Waals surface area contributed by atoms with Gasteiger partial charge in [-0.25, -0.2) is 4.79 Å². The van der Waals surface area contributed by atoms with Crippen LogP contribution in [0.15, 0.2) is 53.0 Å². The molecule has 0 fully saturated rings. The van der Waals surface area contributed by atoms with Crippen LogP contribution >= 0.6 is 23.6 Å². The van der Waals surface area contributed by atoms with Crippen molar-refractivity contribution in [1.29, 1.82) is 0 Å². The lowest BCUT2D eigenvalue weighted by atomic mass is 9.95. The predicted octanol–water partition coefficient (Wildman–Crippen LogP) is 4.02. The summed E-state index contributed by atoms with van der Waals surface area (Å²) < 4.78 is 5.46. The van der Waals surface area contributed by atoms with Crippen molar-refractivity contribution in [2.24, 2.45) is 0 Å².